The Labute approximate surface area is 162 Å². The molecule has 3 atom stereocenters. The Hall–Kier alpha value is -2.13. The van der Waals surface area contributed by atoms with Crippen molar-refractivity contribution in [1.29, 1.82) is 0 Å². The number of carbonyl (C=O) groups excluding carboxylic acids is 2. The van der Waals surface area contributed by atoms with Gasteiger partial charge >= 0.3 is 0 Å². The first-order chi connectivity index (χ1) is 12.9. The zero-order chi connectivity index (χ0) is 21.2. The number of nitrogens with zero attached hydrogens (tertiary/aromatic N) is 1. The summed E-state index contributed by atoms with van der Waals surface area (Å²) in [6, 6.07) is 2.12. The van der Waals surface area contributed by atoms with Crippen LogP contribution >= 0.6 is 0 Å². The first-order valence-corrected chi connectivity index (χ1v) is 9.10. The van der Waals surface area contributed by atoms with Gasteiger partial charge in [0.25, 0.3) is 5.92 Å². The van der Waals surface area contributed by atoms with E-state index in [-0.39, 0.29) is 18.2 Å². The number of nitrogens with one attached hydrogen (secondary N) is 3. The minimum Gasteiger partial charge on any atom is -0.348 e. The van der Waals surface area contributed by atoms with Gasteiger partial charge in [0.2, 0.25) is 11.8 Å². The minimum atomic E-state index is -3.29. The molecule has 1 fully saturated rings. The molecule has 28 heavy (non-hydrogen) atoms. The van der Waals surface area contributed by atoms with Gasteiger partial charge in [-0.15, -0.1) is 0 Å². The van der Waals surface area contributed by atoms with E-state index >= 15 is 0 Å². The molecule has 1 aliphatic heterocycles. The van der Waals surface area contributed by atoms with Crippen molar-refractivity contribution in [1.82, 2.24) is 20.9 Å². The highest BCUT2D eigenvalue weighted by Gasteiger charge is 2.34. The Balaban J connectivity index is 2.20. The lowest BCUT2D eigenvalue weighted by Gasteiger charge is -2.35. The molecule has 0 radical (unpaired) electrons. The fourth-order valence-corrected chi connectivity index (χ4v) is 3.10. The first kappa shape index (κ1) is 22.2. The van der Waals surface area contributed by atoms with Crippen molar-refractivity contribution in [2.75, 3.05) is 14.1 Å². The summed E-state index contributed by atoms with van der Waals surface area (Å²) in [7, 11) is 3.51. The zero-order valence-corrected chi connectivity index (χ0v) is 16.6. The molecule has 0 bridgehead atoms. The molecule has 1 heterocycles. The molecule has 2 rings (SSSR count). The van der Waals surface area contributed by atoms with E-state index < -0.39 is 41.6 Å². The molecule has 0 spiro atoms. The van der Waals surface area contributed by atoms with E-state index in [1.165, 1.54) is 6.07 Å². The molecule has 2 amide bonds. The summed E-state index contributed by atoms with van der Waals surface area (Å²) in [5.74, 6) is -5.11. The van der Waals surface area contributed by atoms with Crippen molar-refractivity contribution in [3.63, 3.8) is 0 Å². The van der Waals surface area contributed by atoms with Crippen LogP contribution in [0.4, 0.5) is 13.2 Å². The van der Waals surface area contributed by atoms with E-state index in [0.29, 0.717) is 12.5 Å². The molecule has 3 N–H and O–H groups in total. The Morgan fingerprint density at radius 1 is 1.32 bits per heavy atom. The lowest BCUT2D eigenvalue weighted by molar-refractivity contribution is -0.134. The first-order valence-electron chi connectivity index (χ1n) is 9.10. The van der Waals surface area contributed by atoms with Crippen LogP contribution in [-0.2, 0) is 15.5 Å². The van der Waals surface area contributed by atoms with Crippen LogP contribution in [0.15, 0.2) is 18.2 Å². The highest BCUT2D eigenvalue weighted by atomic mass is 19.3. The van der Waals surface area contributed by atoms with Crippen molar-refractivity contribution >= 4 is 11.8 Å². The molecule has 1 saturated heterocycles. The van der Waals surface area contributed by atoms with Crippen LogP contribution in [0.25, 0.3) is 0 Å². The predicted octanol–water partition coefficient (Wildman–Crippen LogP) is 2.07. The summed E-state index contributed by atoms with van der Waals surface area (Å²) in [4.78, 5) is 26.3. The smallest absolute Gasteiger partial charge is 0.273 e. The largest absolute Gasteiger partial charge is 0.348 e. The number of hydrogen-bond acceptors (Lipinski definition) is 4. The third-order valence-corrected chi connectivity index (χ3v) is 4.67. The maximum absolute atomic E-state index is 14.2. The number of rotatable bonds is 6. The maximum atomic E-state index is 14.2. The molecule has 1 aromatic carbocycles. The van der Waals surface area contributed by atoms with E-state index in [1.807, 2.05) is 13.8 Å². The highest BCUT2D eigenvalue weighted by molar-refractivity contribution is 5.89. The average molecular weight is 400 g/mol. The van der Waals surface area contributed by atoms with E-state index in [4.69, 9.17) is 0 Å². The minimum absolute atomic E-state index is 0.0314. The van der Waals surface area contributed by atoms with Gasteiger partial charge < -0.3 is 10.6 Å². The summed E-state index contributed by atoms with van der Waals surface area (Å²) in [5.41, 5.74) is -0.303. The fraction of sp³-hybridized carbons (Fsp3) is 0.579. The Morgan fingerprint density at radius 3 is 2.46 bits per heavy atom. The van der Waals surface area contributed by atoms with Gasteiger partial charge in [-0.25, -0.2) is 13.2 Å². The van der Waals surface area contributed by atoms with Crippen molar-refractivity contribution in [2.45, 2.75) is 51.5 Å². The van der Waals surface area contributed by atoms with Gasteiger partial charge in [0.15, 0.2) is 0 Å². The number of benzene rings is 1. The summed E-state index contributed by atoms with van der Waals surface area (Å²) in [5, 5.41) is 8.55. The Bertz CT molecular complexity index is 734. The monoisotopic (exact) mass is 400 g/mol. The molecule has 6 nitrogen and oxygen atoms in total. The standard InChI is InChI=1S/C19H27F3N4O2/c1-10(2)16(11-6-7-12(13(20)8-11)19(3,21)22)25-17(28)14-9-15(27)24-18(23-14)26(4)5/h6-8,10,14,16,18,23H,9H2,1-5H3,(H,24,27)(H,25,28)/t14?,16-,18?/m1/s1. The summed E-state index contributed by atoms with van der Waals surface area (Å²) in [6.45, 7) is 4.29. The zero-order valence-electron chi connectivity index (χ0n) is 16.6. The third kappa shape index (κ3) is 5.23. The number of hydrogen-bond donors (Lipinski definition) is 3. The molecule has 2 unspecified atom stereocenters. The molecule has 0 aliphatic carbocycles. The van der Waals surface area contributed by atoms with Crippen LogP contribution in [0.1, 0.15) is 44.4 Å². The fourth-order valence-electron chi connectivity index (χ4n) is 3.10. The van der Waals surface area contributed by atoms with Crippen molar-refractivity contribution in [3.8, 4) is 0 Å². The van der Waals surface area contributed by atoms with E-state index in [0.717, 1.165) is 12.1 Å². The molecule has 156 valence electrons. The lowest BCUT2D eigenvalue weighted by atomic mass is 9.93. The molecular weight excluding hydrogens is 373 g/mol. The van der Waals surface area contributed by atoms with Gasteiger partial charge in [-0.1, -0.05) is 19.9 Å². The topological polar surface area (TPSA) is 73.5 Å². The molecule has 0 aromatic heterocycles. The van der Waals surface area contributed by atoms with E-state index in [1.54, 1.807) is 19.0 Å². The number of carbonyl (C=O) groups is 2. The van der Waals surface area contributed by atoms with E-state index in [2.05, 4.69) is 16.0 Å². The highest BCUT2D eigenvalue weighted by Crippen LogP contribution is 2.32. The Kier molecular flexibility index (Phi) is 6.71. The molecule has 1 aromatic rings. The Morgan fingerprint density at radius 2 is 1.96 bits per heavy atom. The number of alkyl halides is 2. The van der Waals surface area contributed by atoms with Gasteiger partial charge in [-0.05, 0) is 37.7 Å². The van der Waals surface area contributed by atoms with Crippen LogP contribution in [0.3, 0.4) is 0 Å². The molecule has 9 heteroatoms. The summed E-state index contributed by atoms with van der Waals surface area (Å²) < 4.78 is 41.1. The van der Waals surface area contributed by atoms with Gasteiger partial charge in [0, 0.05) is 6.92 Å². The maximum Gasteiger partial charge on any atom is 0.273 e. The second-order valence-electron chi connectivity index (χ2n) is 7.71. The second-order valence-corrected chi connectivity index (χ2v) is 7.71. The van der Waals surface area contributed by atoms with Crippen LogP contribution < -0.4 is 16.0 Å². The van der Waals surface area contributed by atoms with Gasteiger partial charge in [0.1, 0.15) is 12.1 Å². The predicted molar refractivity (Wildman–Crippen MR) is 98.8 cm³/mol. The van der Waals surface area contributed by atoms with Crippen LogP contribution in [0.5, 0.6) is 0 Å². The molecule has 1 aliphatic rings. The van der Waals surface area contributed by atoms with Crippen molar-refractivity contribution < 1.29 is 22.8 Å². The number of halogens is 3. The number of amides is 2. The van der Waals surface area contributed by atoms with Gasteiger partial charge in [0.05, 0.1) is 24.1 Å². The molecule has 0 saturated carbocycles. The second kappa shape index (κ2) is 8.48. The van der Waals surface area contributed by atoms with Crippen LogP contribution in [-0.4, -0.2) is 43.1 Å². The van der Waals surface area contributed by atoms with Crippen LogP contribution in [0.2, 0.25) is 0 Å². The third-order valence-electron chi connectivity index (χ3n) is 4.67. The lowest BCUT2D eigenvalue weighted by Crippen LogP contribution is -2.65. The molecular formula is C19H27F3N4O2. The quantitative estimate of drug-likeness (QED) is 0.684. The summed E-state index contributed by atoms with van der Waals surface area (Å²) >= 11 is 0. The average Bonchev–Trinajstić information content (AvgIpc) is 2.57. The summed E-state index contributed by atoms with van der Waals surface area (Å²) in [6.07, 6.45) is -0.519. The van der Waals surface area contributed by atoms with E-state index in [9.17, 15) is 22.8 Å². The SMILES string of the molecule is CC(C)[C@@H](NC(=O)C1CC(=O)NC(N(C)C)N1)c1ccc(C(C)(F)F)c(F)c1. The van der Waals surface area contributed by atoms with Crippen molar-refractivity contribution in [3.05, 3.63) is 35.1 Å². The normalized spacial score (nSPS) is 21.6. The van der Waals surface area contributed by atoms with Gasteiger partial charge in [-0.3, -0.25) is 19.8 Å². The van der Waals surface area contributed by atoms with Crippen molar-refractivity contribution in [2.24, 2.45) is 5.92 Å². The van der Waals surface area contributed by atoms with Gasteiger partial charge in [-0.2, -0.15) is 0 Å². The van der Waals surface area contributed by atoms with Crippen LogP contribution in [0, 0.1) is 11.7 Å².